The fourth-order valence-corrected chi connectivity index (χ4v) is 8.70. The van der Waals surface area contributed by atoms with Crippen LogP contribution < -0.4 is 9.47 Å². The number of hydrogen-bond donors (Lipinski definition) is 0. The quantitative estimate of drug-likeness (QED) is 0.261. The fourth-order valence-electron chi connectivity index (χ4n) is 8.70. The molecule has 4 unspecified atom stereocenters. The lowest BCUT2D eigenvalue weighted by Crippen LogP contribution is -2.37. The molecular weight excluding hydrogens is 522 g/mol. The molecule has 0 heterocycles. The molecule has 4 atom stereocenters. The van der Waals surface area contributed by atoms with Gasteiger partial charge in [-0.25, -0.2) is 0 Å². The van der Waals surface area contributed by atoms with E-state index < -0.39 is 11.6 Å². The number of ether oxygens (including phenoxy) is 3. The van der Waals surface area contributed by atoms with Crippen LogP contribution in [0.25, 0.3) is 0 Å². The zero-order valence-corrected chi connectivity index (χ0v) is 25.4. The molecule has 0 radical (unpaired) electrons. The van der Waals surface area contributed by atoms with Gasteiger partial charge in [-0.05, 0) is 132 Å². The van der Waals surface area contributed by atoms with Gasteiger partial charge in [0.05, 0.1) is 19.1 Å². The van der Waals surface area contributed by atoms with E-state index in [2.05, 4.69) is 6.92 Å². The summed E-state index contributed by atoms with van der Waals surface area (Å²) >= 11 is 0. The molecule has 230 valence electrons. The van der Waals surface area contributed by atoms with E-state index in [4.69, 9.17) is 14.2 Å². The van der Waals surface area contributed by atoms with Crippen molar-refractivity contribution in [3.05, 3.63) is 23.8 Å². The van der Waals surface area contributed by atoms with Gasteiger partial charge >= 0.3 is 5.97 Å². The Kier molecular flexibility index (Phi) is 10.9. The molecule has 5 rings (SSSR count). The van der Waals surface area contributed by atoms with Crippen molar-refractivity contribution >= 4 is 5.97 Å². The van der Waals surface area contributed by atoms with Gasteiger partial charge in [0.1, 0.15) is 6.10 Å². The predicted molar refractivity (Wildman–Crippen MR) is 157 cm³/mol. The summed E-state index contributed by atoms with van der Waals surface area (Å²) in [7, 11) is 0. The molecule has 0 saturated heterocycles. The van der Waals surface area contributed by atoms with E-state index in [-0.39, 0.29) is 42.0 Å². The van der Waals surface area contributed by atoms with Gasteiger partial charge in [-0.15, -0.1) is 0 Å². The molecular formula is C35H52F2O4. The summed E-state index contributed by atoms with van der Waals surface area (Å²) in [5.41, 5.74) is 0. The highest BCUT2D eigenvalue weighted by molar-refractivity contribution is 5.72. The molecule has 0 amide bonds. The topological polar surface area (TPSA) is 44.8 Å². The summed E-state index contributed by atoms with van der Waals surface area (Å²) in [5, 5.41) is 0. The molecule has 0 N–H and O–H groups in total. The lowest BCUT2D eigenvalue weighted by molar-refractivity contribution is -0.158. The van der Waals surface area contributed by atoms with Crippen molar-refractivity contribution in [3.8, 4) is 11.5 Å². The monoisotopic (exact) mass is 574 g/mol. The summed E-state index contributed by atoms with van der Waals surface area (Å²) in [6.07, 6.45) is 19.1. The average molecular weight is 575 g/mol. The number of rotatable bonds is 10. The number of esters is 1. The number of carbonyl (C=O) groups is 1. The van der Waals surface area contributed by atoms with Gasteiger partial charge in [0, 0.05) is 0 Å². The van der Waals surface area contributed by atoms with Crippen molar-refractivity contribution in [1.82, 2.24) is 0 Å². The van der Waals surface area contributed by atoms with Gasteiger partial charge in [-0.1, -0.05) is 32.6 Å². The Labute approximate surface area is 246 Å². The Morgan fingerprint density at radius 1 is 0.707 bits per heavy atom. The summed E-state index contributed by atoms with van der Waals surface area (Å²) in [5.74, 6) is 2.52. The van der Waals surface area contributed by atoms with Crippen molar-refractivity contribution in [2.75, 3.05) is 13.2 Å². The van der Waals surface area contributed by atoms with Crippen molar-refractivity contribution in [3.63, 3.8) is 0 Å². The number of fused-ring (bicyclic) bond motifs is 1. The van der Waals surface area contributed by atoms with Gasteiger partial charge in [0.25, 0.3) is 0 Å². The highest BCUT2D eigenvalue weighted by Gasteiger charge is 2.41. The molecule has 0 spiro atoms. The first-order valence-corrected chi connectivity index (χ1v) is 16.9. The molecule has 1 aromatic rings. The first-order chi connectivity index (χ1) is 19.9. The minimum absolute atomic E-state index is 0.0199. The van der Waals surface area contributed by atoms with E-state index in [0.717, 1.165) is 62.2 Å². The zero-order valence-electron chi connectivity index (χ0n) is 25.4. The van der Waals surface area contributed by atoms with Gasteiger partial charge in [0.15, 0.2) is 11.5 Å². The minimum Gasteiger partial charge on any atom is -0.491 e. The van der Waals surface area contributed by atoms with Crippen molar-refractivity contribution < 1.29 is 27.8 Å². The van der Waals surface area contributed by atoms with Crippen LogP contribution in [0.3, 0.4) is 0 Å². The third kappa shape index (κ3) is 7.76. The molecule has 0 bridgehead atoms. The second-order valence-electron chi connectivity index (χ2n) is 13.7. The van der Waals surface area contributed by atoms with Crippen LogP contribution in [-0.2, 0) is 9.53 Å². The molecule has 4 aliphatic carbocycles. The fraction of sp³-hybridized carbons (Fsp3) is 0.800. The van der Waals surface area contributed by atoms with Crippen molar-refractivity contribution in [2.24, 2.45) is 41.4 Å². The zero-order chi connectivity index (χ0) is 28.8. The normalized spacial score (nSPS) is 34.0. The number of hydrogen-bond acceptors (Lipinski definition) is 4. The van der Waals surface area contributed by atoms with Crippen LogP contribution in [-0.4, -0.2) is 25.3 Å². The van der Waals surface area contributed by atoms with E-state index >= 15 is 0 Å². The predicted octanol–water partition coefficient (Wildman–Crippen LogP) is 9.28. The minimum atomic E-state index is -1.01. The second-order valence-corrected chi connectivity index (χ2v) is 13.7. The van der Waals surface area contributed by atoms with Gasteiger partial charge < -0.3 is 14.2 Å². The molecule has 1 aromatic carbocycles. The average Bonchev–Trinajstić information content (AvgIpc) is 3.00. The van der Waals surface area contributed by atoms with Crippen LogP contribution in [0.5, 0.6) is 11.5 Å². The maximum Gasteiger partial charge on any atom is 0.309 e. The smallest absolute Gasteiger partial charge is 0.309 e. The Morgan fingerprint density at radius 2 is 1.27 bits per heavy atom. The molecule has 4 saturated carbocycles. The maximum atomic E-state index is 14.3. The third-order valence-corrected chi connectivity index (χ3v) is 11.1. The molecule has 0 aliphatic heterocycles. The Bertz CT molecular complexity index is 983. The summed E-state index contributed by atoms with van der Waals surface area (Å²) < 4.78 is 45.2. The van der Waals surface area contributed by atoms with Crippen molar-refractivity contribution in [1.29, 1.82) is 0 Å². The van der Waals surface area contributed by atoms with E-state index in [1.807, 2.05) is 0 Å². The molecule has 4 aliphatic rings. The van der Waals surface area contributed by atoms with E-state index in [1.54, 1.807) is 6.92 Å². The highest BCUT2D eigenvalue weighted by atomic mass is 19.2. The second kappa shape index (κ2) is 14.6. The Hall–Kier alpha value is -1.85. The standard InChI is InChI=1S/C35H52F2O4/c1-3-5-23-6-10-25(11-7-23)26-12-13-28-21-29(15-14-27(28)20-26)35(38)41-30-16-8-24(9-17-30)22-40-32-19-18-31(39-4-2)33(36)34(32)37/h18-19,23-30H,3-17,20-22H2,1-2H3. The SMILES string of the molecule is CCCC1CCC(C2CCC3CC(C(=O)OC4CCC(COc5ccc(OCC)c(F)c5F)CC4)CCC3C2)CC1. The van der Waals surface area contributed by atoms with Gasteiger partial charge in [-0.2, -0.15) is 8.78 Å². The summed E-state index contributed by atoms with van der Waals surface area (Å²) in [4.78, 5) is 13.1. The summed E-state index contributed by atoms with van der Waals surface area (Å²) in [6, 6.07) is 2.84. The van der Waals surface area contributed by atoms with E-state index in [9.17, 15) is 13.6 Å². The van der Waals surface area contributed by atoms with Gasteiger partial charge in [-0.3, -0.25) is 4.79 Å². The molecule has 4 fully saturated rings. The molecule has 6 heteroatoms. The van der Waals surface area contributed by atoms with Crippen LogP contribution in [0.15, 0.2) is 12.1 Å². The number of halogens is 2. The van der Waals surface area contributed by atoms with Crippen LogP contribution in [0.4, 0.5) is 8.78 Å². The van der Waals surface area contributed by atoms with Crippen LogP contribution in [0, 0.1) is 53.1 Å². The molecule has 0 aromatic heterocycles. The largest absolute Gasteiger partial charge is 0.491 e. The first-order valence-electron chi connectivity index (χ1n) is 16.9. The Balaban J connectivity index is 1.00. The lowest BCUT2D eigenvalue weighted by atomic mass is 9.61. The highest BCUT2D eigenvalue weighted by Crippen LogP contribution is 2.49. The van der Waals surface area contributed by atoms with E-state index in [0.29, 0.717) is 12.5 Å². The molecule has 41 heavy (non-hydrogen) atoms. The van der Waals surface area contributed by atoms with Crippen LogP contribution in [0.1, 0.15) is 117 Å². The summed E-state index contributed by atoms with van der Waals surface area (Å²) in [6.45, 7) is 4.65. The Morgan fingerprint density at radius 3 is 1.93 bits per heavy atom. The van der Waals surface area contributed by atoms with Crippen LogP contribution in [0.2, 0.25) is 0 Å². The van der Waals surface area contributed by atoms with Crippen LogP contribution >= 0.6 is 0 Å². The maximum absolute atomic E-state index is 14.3. The number of benzene rings is 1. The third-order valence-electron chi connectivity index (χ3n) is 11.1. The van der Waals surface area contributed by atoms with Gasteiger partial charge in [0.2, 0.25) is 11.6 Å². The lowest BCUT2D eigenvalue weighted by Gasteiger charge is -2.45. The first kappa shape index (κ1) is 30.6. The van der Waals surface area contributed by atoms with Crippen molar-refractivity contribution in [2.45, 2.75) is 123 Å². The van der Waals surface area contributed by atoms with E-state index in [1.165, 1.54) is 76.3 Å². The number of carbonyl (C=O) groups excluding carboxylic acids is 1. The molecule has 4 nitrogen and oxygen atoms in total.